The van der Waals surface area contributed by atoms with E-state index in [1.165, 1.54) is 25.7 Å². The molecule has 1 saturated carbocycles. The van der Waals surface area contributed by atoms with Crippen molar-refractivity contribution in [3.05, 3.63) is 5.82 Å². The van der Waals surface area contributed by atoms with Crippen molar-refractivity contribution in [2.24, 2.45) is 5.41 Å². The van der Waals surface area contributed by atoms with Crippen molar-refractivity contribution in [2.75, 3.05) is 12.8 Å². The molecule has 27 heavy (non-hydrogen) atoms. The number of nitrogens with zero attached hydrogens (tertiary/aromatic N) is 3. The molecular formula is C19H33N5O2S. The maximum atomic E-state index is 12.2. The van der Waals surface area contributed by atoms with Crippen molar-refractivity contribution in [3.63, 3.8) is 0 Å². The van der Waals surface area contributed by atoms with Crippen molar-refractivity contribution in [3.8, 4) is 0 Å². The van der Waals surface area contributed by atoms with Gasteiger partial charge in [-0.05, 0) is 32.4 Å². The molecule has 1 aromatic heterocycles. The van der Waals surface area contributed by atoms with E-state index in [4.69, 9.17) is 0 Å². The van der Waals surface area contributed by atoms with Gasteiger partial charge in [-0.15, -0.1) is 10.2 Å². The molecule has 2 N–H and O–H groups in total. The summed E-state index contributed by atoms with van der Waals surface area (Å²) in [4.78, 5) is 24.2. The number of aromatic nitrogens is 3. The summed E-state index contributed by atoms with van der Waals surface area (Å²) in [7, 11) is 0. The molecular weight excluding hydrogens is 362 g/mol. The van der Waals surface area contributed by atoms with Crippen molar-refractivity contribution < 1.29 is 9.59 Å². The van der Waals surface area contributed by atoms with E-state index in [0.29, 0.717) is 12.6 Å². The smallest absolute Gasteiger partial charge is 0.242 e. The van der Waals surface area contributed by atoms with Crippen molar-refractivity contribution in [1.29, 1.82) is 0 Å². The van der Waals surface area contributed by atoms with E-state index in [-0.39, 0.29) is 11.8 Å². The van der Waals surface area contributed by atoms with Gasteiger partial charge in [0.05, 0.1) is 0 Å². The largest absolute Gasteiger partial charge is 0.354 e. The Morgan fingerprint density at radius 1 is 1.26 bits per heavy atom. The summed E-state index contributed by atoms with van der Waals surface area (Å²) in [6.45, 7) is 7.75. The van der Waals surface area contributed by atoms with Crippen LogP contribution in [0.25, 0.3) is 0 Å². The summed E-state index contributed by atoms with van der Waals surface area (Å²) in [5.74, 6) is 0.726. The predicted molar refractivity (Wildman–Crippen MR) is 108 cm³/mol. The molecule has 1 aliphatic carbocycles. The number of nitrogens with one attached hydrogen (secondary N) is 2. The molecule has 1 heterocycles. The quantitative estimate of drug-likeness (QED) is 0.522. The molecule has 1 unspecified atom stereocenters. The highest BCUT2D eigenvalue weighted by Crippen LogP contribution is 2.33. The number of hydrogen-bond donors (Lipinski definition) is 2. The summed E-state index contributed by atoms with van der Waals surface area (Å²) in [5.41, 5.74) is -0.506. The molecule has 152 valence electrons. The number of carbonyl (C=O) groups is 2. The molecule has 2 rings (SSSR count). The summed E-state index contributed by atoms with van der Waals surface area (Å²) in [5, 5.41) is 15.3. The van der Waals surface area contributed by atoms with Crippen LogP contribution < -0.4 is 10.6 Å². The number of aryl methyl sites for hydroxylation is 1. The molecule has 1 aliphatic rings. The zero-order valence-electron chi connectivity index (χ0n) is 17.2. The molecule has 1 atom stereocenters. The Morgan fingerprint density at radius 3 is 2.52 bits per heavy atom. The van der Waals surface area contributed by atoms with Gasteiger partial charge in [0.1, 0.15) is 11.9 Å². The monoisotopic (exact) mass is 395 g/mol. The Balaban J connectivity index is 1.80. The first kappa shape index (κ1) is 21.7. The summed E-state index contributed by atoms with van der Waals surface area (Å²) in [6, 6.07) is -0.0263. The average Bonchev–Trinajstić information content (AvgIpc) is 3.26. The SMILES string of the molecule is CSc1nnc(CCCNC(=O)C(C)NC(=O)C(C)(C)C)n1C1CCCC1. The standard InChI is InChI=1S/C19H33N5O2S/c1-13(21-17(26)19(2,3)4)16(25)20-12-8-11-15-22-23-18(27-5)24(15)14-9-6-7-10-14/h13-14H,6-12H2,1-5H3,(H,20,25)(H,21,26). The Hall–Kier alpha value is -1.57. The van der Waals surface area contributed by atoms with E-state index in [0.717, 1.165) is 23.8 Å². The molecule has 0 radical (unpaired) electrons. The van der Waals surface area contributed by atoms with Crippen LogP contribution in [0.4, 0.5) is 0 Å². The Kier molecular flexibility index (Phi) is 7.70. The number of carbonyl (C=O) groups excluding carboxylic acids is 2. The van der Waals surface area contributed by atoms with Gasteiger partial charge in [-0.25, -0.2) is 0 Å². The Bertz CT molecular complexity index is 647. The van der Waals surface area contributed by atoms with Crippen LogP contribution in [-0.4, -0.2) is 45.4 Å². The van der Waals surface area contributed by atoms with Crippen molar-refractivity contribution in [1.82, 2.24) is 25.4 Å². The van der Waals surface area contributed by atoms with Gasteiger partial charge < -0.3 is 15.2 Å². The van der Waals surface area contributed by atoms with E-state index in [1.807, 2.05) is 27.0 Å². The second kappa shape index (κ2) is 9.57. The van der Waals surface area contributed by atoms with Crippen LogP contribution in [0.15, 0.2) is 5.16 Å². The van der Waals surface area contributed by atoms with Crippen LogP contribution in [0.1, 0.15) is 71.7 Å². The van der Waals surface area contributed by atoms with Crippen LogP contribution >= 0.6 is 11.8 Å². The lowest BCUT2D eigenvalue weighted by molar-refractivity contribution is -0.133. The first-order valence-corrected chi connectivity index (χ1v) is 11.0. The van der Waals surface area contributed by atoms with Gasteiger partial charge in [0.15, 0.2) is 5.16 Å². The highest BCUT2D eigenvalue weighted by Gasteiger charge is 2.25. The molecule has 1 fully saturated rings. The van der Waals surface area contributed by atoms with Crippen LogP contribution in [0, 0.1) is 5.41 Å². The van der Waals surface area contributed by atoms with Gasteiger partial charge in [-0.2, -0.15) is 0 Å². The van der Waals surface area contributed by atoms with E-state index in [9.17, 15) is 9.59 Å². The maximum Gasteiger partial charge on any atom is 0.242 e. The molecule has 0 aromatic carbocycles. The molecule has 0 aliphatic heterocycles. The second-order valence-electron chi connectivity index (χ2n) is 8.25. The number of hydrogen-bond acceptors (Lipinski definition) is 5. The minimum Gasteiger partial charge on any atom is -0.354 e. The summed E-state index contributed by atoms with van der Waals surface area (Å²) in [6.07, 6.45) is 8.54. The minimum atomic E-state index is -0.540. The van der Waals surface area contributed by atoms with E-state index < -0.39 is 11.5 Å². The molecule has 8 heteroatoms. The van der Waals surface area contributed by atoms with Gasteiger partial charge in [-0.1, -0.05) is 45.4 Å². The van der Waals surface area contributed by atoms with E-state index >= 15 is 0 Å². The lowest BCUT2D eigenvalue weighted by Crippen LogP contribution is -2.48. The zero-order valence-corrected chi connectivity index (χ0v) is 18.0. The van der Waals surface area contributed by atoms with Gasteiger partial charge in [0.25, 0.3) is 0 Å². The number of rotatable bonds is 8. The molecule has 0 bridgehead atoms. The summed E-state index contributed by atoms with van der Waals surface area (Å²) < 4.78 is 2.30. The Morgan fingerprint density at radius 2 is 1.93 bits per heavy atom. The van der Waals surface area contributed by atoms with E-state index in [1.54, 1.807) is 18.7 Å². The van der Waals surface area contributed by atoms with Gasteiger partial charge in [0, 0.05) is 24.4 Å². The second-order valence-corrected chi connectivity index (χ2v) is 9.02. The summed E-state index contributed by atoms with van der Waals surface area (Å²) >= 11 is 1.64. The van der Waals surface area contributed by atoms with Gasteiger partial charge >= 0.3 is 0 Å². The third-order valence-electron chi connectivity index (χ3n) is 4.91. The topological polar surface area (TPSA) is 88.9 Å². The normalized spacial score (nSPS) is 16.3. The number of thioether (sulfide) groups is 1. The van der Waals surface area contributed by atoms with Crippen LogP contribution in [-0.2, 0) is 16.0 Å². The van der Waals surface area contributed by atoms with E-state index in [2.05, 4.69) is 25.4 Å². The molecule has 7 nitrogen and oxygen atoms in total. The van der Waals surface area contributed by atoms with Gasteiger partial charge in [-0.3, -0.25) is 9.59 Å². The fraction of sp³-hybridized carbons (Fsp3) is 0.789. The van der Waals surface area contributed by atoms with Crippen molar-refractivity contribution in [2.45, 2.75) is 83.5 Å². The Labute approximate surface area is 166 Å². The lowest BCUT2D eigenvalue weighted by atomic mass is 9.95. The molecule has 2 amide bonds. The minimum absolute atomic E-state index is 0.126. The number of amides is 2. The molecule has 1 aromatic rings. The maximum absolute atomic E-state index is 12.2. The van der Waals surface area contributed by atoms with Crippen LogP contribution in [0.3, 0.4) is 0 Å². The fourth-order valence-electron chi connectivity index (χ4n) is 3.24. The molecule has 0 spiro atoms. The zero-order chi connectivity index (χ0) is 20.0. The third-order valence-corrected chi connectivity index (χ3v) is 5.55. The molecule has 0 saturated heterocycles. The predicted octanol–water partition coefficient (Wildman–Crippen LogP) is 2.71. The first-order chi connectivity index (χ1) is 12.7. The highest BCUT2D eigenvalue weighted by molar-refractivity contribution is 7.98. The lowest BCUT2D eigenvalue weighted by Gasteiger charge is -2.21. The first-order valence-electron chi connectivity index (χ1n) is 9.80. The van der Waals surface area contributed by atoms with Crippen LogP contribution in [0.5, 0.6) is 0 Å². The highest BCUT2D eigenvalue weighted by atomic mass is 32.2. The van der Waals surface area contributed by atoms with Crippen molar-refractivity contribution >= 4 is 23.6 Å². The average molecular weight is 396 g/mol. The van der Waals surface area contributed by atoms with Gasteiger partial charge in [0.2, 0.25) is 11.8 Å². The third kappa shape index (κ3) is 5.96. The van der Waals surface area contributed by atoms with Crippen LogP contribution in [0.2, 0.25) is 0 Å². The fourth-order valence-corrected chi connectivity index (χ4v) is 3.81.